The van der Waals surface area contributed by atoms with Crippen LogP contribution in [0.5, 0.6) is 5.75 Å². The van der Waals surface area contributed by atoms with Gasteiger partial charge < -0.3 is 18.8 Å². The van der Waals surface area contributed by atoms with Crippen molar-refractivity contribution in [1.82, 2.24) is 9.80 Å². The summed E-state index contributed by atoms with van der Waals surface area (Å²) in [7, 11) is 1.52. The fourth-order valence-electron chi connectivity index (χ4n) is 4.45. The molecule has 7 nitrogen and oxygen atoms in total. The molecule has 1 atom stereocenters. The first-order valence-electron chi connectivity index (χ1n) is 10.6. The zero-order chi connectivity index (χ0) is 22.2. The molecule has 0 N–H and O–H groups in total. The van der Waals surface area contributed by atoms with Gasteiger partial charge >= 0.3 is 0 Å². The Bertz CT molecular complexity index is 1230. The maximum Gasteiger partial charge on any atom is 0.290 e. The Morgan fingerprint density at radius 1 is 1.09 bits per heavy atom. The zero-order valence-electron chi connectivity index (χ0n) is 17.7. The normalized spacial score (nSPS) is 18.9. The van der Waals surface area contributed by atoms with Gasteiger partial charge in [0.2, 0.25) is 5.76 Å². The van der Waals surface area contributed by atoms with Crippen LogP contribution in [-0.4, -0.2) is 62.2 Å². The van der Waals surface area contributed by atoms with Crippen molar-refractivity contribution >= 4 is 16.9 Å². The minimum absolute atomic E-state index is 0.00647. The molecule has 0 unspecified atom stereocenters. The van der Waals surface area contributed by atoms with Crippen LogP contribution >= 0.6 is 0 Å². The molecule has 1 fully saturated rings. The summed E-state index contributed by atoms with van der Waals surface area (Å²) in [5.74, 6) is -0.264. The van der Waals surface area contributed by atoms with Crippen molar-refractivity contribution < 1.29 is 23.1 Å². The number of methoxy groups -OCH3 is 1. The van der Waals surface area contributed by atoms with Gasteiger partial charge in [-0.1, -0.05) is 12.1 Å². The van der Waals surface area contributed by atoms with E-state index in [2.05, 4.69) is 4.90 Å². The van der Waals surface area contributed by atoms with Crippen molar-refractivity contribution in [3.8, 4) is 5.75 Å². The predicted octanol–water partition coefficient (Wildman–Crippen LogP) is 2.82. The Kier molecular flexibility index (Phi) is 5.40. The van der Waals surface area contributed by atoms with E-state index < -0.39 is 11.9 Å². The number of hydrogen-bond acceptors (Lipinski definition) is 6. The van der Waals surface area contributed by atoms with E-state index in [0.717, 1.165) is 13.1 Å². The van der Waals surface area contributed by atoms with E-state index in [9.17, 15) is 14.0 Å². The highest BCUT2D eigenvalue weighted by Crippen LogP contribution is 2.38. The van der Waals surface area contributed by atoms with E-state index >= 15 is 0 Å². The Morgan fingerprint density at radius 2 is 1.91 bits per heavy atom. The Balaban J connectivity index is 1.61. The van der Waals surface area contributed by atoms with Gasteiger partial charge in [0.15, 0.2) is 5.43 Å². The lowest BCUT2D eigenvalue weighted by atomic mass is 9.98. The molecule has 3 aromatic rings. The van der Waals surface area contributed by atoms with Crippen LogP contribution in [0.15, 0.2) is 51.7 Å². The van der Waals surface area contributed by atoms with Gasteiger partial charge in [-0.15, -0.1) is 0 Å². The number of benzene rings is 2. The third-order valence-corrected chi connectivity index (χ3v) is 6.10. The van der Waals surface area contributed by atoms with E-state index in [1.54, 1.807) is 35.2 Å². The number of amides is 1. The molecule has 2 aliphatic rings. The highest BCUT2D eigenvalue weighted by molar-refractivity contribution is 5.99. The first-order valence-corrected chi connectivity index (χ1v) is 10.6. The van der Waals surface area contributed by atoms with Gasteiger partial charge in [0.1, 0.15) is 17.1 Å². The van der Waals surface area contributed by atoms with Gasteiger partial charge in [0, 0.05) is 32.2 Å². The van der Waals surface area contributed by atoms with Crippen molar-refractivity contribution in [1.29, 1.82) is 0 Å². The predicted molar refractivity (Wildman–Crippen MR) is 116 cm³/mol. The summed E-state index contributed by atoms with van der Waals surface area (Å²) >= 11 is 0. The lowest BCUT2D eigenvalue weighted by Gasteiger charge is -2.31. The van der Waals surface area contributed by atoms with Crippen LogP contribution < -0.4 is 10.2 Å². The molecule has 0 bridgehead atoms. The van der Waals surface area contributed by atoms with E-state index in [-0.39, 0.29) is 28.2 Å². The molecule has 1 amide bonds. The second-order valence-electron chi connectivity index (χ2n) is 7.95. The molecule has 0 saturated carbocycles. The molecular formula is C24H23FN2O5. The molecule has 1 aromatic heterocycles. The maximum absolute atomic E-state index is 14.1. The molecule has 1 saturated heterocycles. The van der Waals surface area contributed by atoms with Crippen molar-refractivity contribution in [3.05, 3.63) is 75.4 Å². The van der Waals surface area contributed by atoms with E-state index in [4.69, 9.17) is 13.9 Å². The molecule has 8 heteroatoms. The standard InChI is InChI=1S/C24H23FN2O5/c1-30-17-5-6-18-19(14-17)32-23-20(22(18)28)21(15-3-2-4-16(25)13-15)27(24(23)29)8-7-26-9-11-31-12-10-26/h2-6,13-14,21H,7-12H2,1H3/t21-/m1/s1. The van der Waals surface area contributed by atoms with Gasteiger partial charge in [-0.2, -0.15) is 0 Å². The number of hydrogen-bond donors (Lipinski definition) is 0. The second kappa shape index (κ2) is 8.37. The summed E-state index contributed by atoms with van der Waals surface area (Å²) in [5, 5.41) is 0.355. The SMILES string of the molecule is COc1ccc2c(=O)c3c(oc2c1)C(=O)N(CCN1CCOCC1)[C@@H]3c1cccc(F)c1. The van der Waals surface area contributed by atoms with Gasteiger partial charge in [-0.25, -0.2) is 4.39 Å². The van der Waals surface area contributed by atoms with Crippen molar-refractivity contribution in [2.45, 2.75) is 6.04 Å². The molecule has 2 aromatic carbocycles. The molecule has 3 heterocycles. The largest absolute Gasteiger partial charge is 0.497 e. The molecule has 32 heavy (non-hydrogen) atoms. The summed E-state index contributed by atoms with van der Waals surface area (Å²) in [6.07, 6.45) is 0. The lowest BCUT2D eigenvalue weighted by Crippen LogP contribution is -2.42. The van der Waals surface area contributed by atoms with Crippen LogP contribution in [0.25, 0.3) is 11.0 Å². The average molecular weight is 438 g/mol. The summed E-state index contributed by atoms with van der Waals surface area (Å²) in [6.45, 7) is 3.85. The Labute approximate surface area is 183 Å². The highest BCUT2D eigenvalue weighted by atomic mass is 19.1. The Morgan fingerprint density at radius 3 is 2.66 bits per heavy atom. The quantitative estimate of drug-likeness (QED) is 0.610. The minimum Gasteiger partial charge on any atom is -0.497 e. The number of morpholine rings is 1. The van der Waals surface area contributed by atoms with Crippen molar-refractivity contribution in [2.75, 3.05) is 46.5 Å². The monoisotopic (exact) mass is 438 g/mol. The van der Waals surface area contributed by atoms with E-state index in [1.165, 1.54) is 19.2 Å². The lowest BCUT2D eigenvalue weighted by molar-refractivity contribution is 0.0314. The van der Waals surface area contributed by atoms with Crippen molar-refractivity contribution in [2.24, 2.45) is 0 Å². The molecule has 166 valence electrons. The number of rotatable bonds is 5. The Hall–Kier alpha value is -3.23. The number of nitrogens with zero attached hydrogens (tertiary/aromatic N) is 2. The van der Waals surface area contributed by atoms with Gasteiger partial charge in [-0.3, -0.25) is 14.5 Å². The summed E-state index contributed by atoms with van der Waals surface area (Å²) < 4.78 is 30.7. The average Bonchev–Trinajstić information content (AvgIpc) is 3.10. The van der Waals surface area contributed by atoms with Gasteiger partial charge in [-0.05, 0) is 29.8 Å². The highest BCUT2D eigenvalue weighted by Gasteiger charge is 2.42. The number of carbonyl (C=O) groups is 1. The number of ether oxygens (including phenoxy) is 2. The fourth-order valence-corrected chi connectivity index (χ4v) is 4.45. The zero-order valence-corrected chi connectivity index (χ0v) is 17.7. The van der Waals surface area contributed by atoms with E-state index in [1.807, 2.05) is 0 Å². The maximum atomic E-state index is 14.1. The molecule has 0 aliphatic carbocycles. The smallest absolute Gasteiger partial charge is 0.290 e. The van der Waals surface area contributed by atoms with Gasteiger partial charge in [0.05, 0.1) is 37.3 Å². The van der Waals surface area contributed by atoms with Gasteiger partial charge in [0.25, 0.3) is 5.91 Å². The van der Waals surface area contributed by atoms with Crippen LogP contribution in [0.3, 0.4) is 0 Å². The fraction of sp³-hybridized carbons (Fsp3) is 0.333. The molecule has 0 spiro atoms. The first kappa shape index (κ1) is 20.7. The van der Waals surface area contributed by atoms with Crippen LogP contribution in [0.1, 0.15) is 27.7 Å². The molecule has 0 radical (unpaired) electrons. The van der Waals surface area contributed by atoms with Crippen molar-refractivity contribution in [3.63, 3.8) is 0 Å². The minimum atomic E-state index is -0.711. The summed E-state index contributed by atoms with van der Waals surface area (Å²) in [5.41, 5.74) is 0.786. The summed E-state index contributed by atoms with van der Waals surface area (Å²) in [6, 6.07) is 10.2. The number of fused-ring (bicyclic) bond motifs is 2. The van der Waals surface area contributed by atoms with Crippen LogP contribution in [-0.2, 0) is 4.74 Å². The molecular weight excluding hydrogens is 415 g/mol. The summed E-state index contributed by atoms with van der Waals surface area (Å²) in [4.78, 5) is 30.7. The molecule has 2 aliphatic heterocycles. The molecule has 5 rings (SSSR count). The van der Waals surface area contributed by atoms with E-state index in [0.29, 0.717) is 43.0 Å². The van der Waals surface area contributed by atoms with Crippen LogP contribution in [0.2, 0.25) is 0 Å². The van der Waals surface area contributed by atoms with Crippen LogP contribution in [0, 0.1) is 5.82 Å². The van der Waals surface area contributed by atoms with Crippen LogP contribution in [0.4, 0.5) is 4.39 Å². The number of halogens is 1. The number of carbonyl (C=O) groups excluding carboxylic acids is 1. The second-order valence-corrected chi connectivity index (χ2v) is 7.95. The third kappa shape index (κ3) is 3.55. The third-order valence-electron chi connectivity index (χ3n) is 6.10. The first-order chi connectivity index (χ1) is 15.6. The topological polar surface area (TPSA) is 72.2 Å².